The van der Waals surface area contributed by atoms with Gasteiger partial charge in [-0.05, 0) is 59.3 Å². The van der Waals surface area contributed by atoms with Gasteiger partial charge in [-0.3, -0.25) is 4.90 Å². The van der Waals surface area contributed by atoms with Crippen molar-refractivity contribution in [3.63, 3.8) is 0 Å². The van der Waals surface area contributed by atoms with Gasteiger partial charge in [0.1, 0.15) is 5.60 Å². The summed E-state index contributed by atoms with van der Waals surface area (Å²) in [4.78, 5) is 13.6. The molecule has 4 fully saturated rings. The van der Waals surface area contributed by atoms with E-state index in [0.29, 0.717) is 18.6 Å². The lowest BCUT2D eigenvalue weighted by Crippen LogP contribution is -2.41. The monoisotopic (exact) mass is 376 g/mol. The van der Waals surface area contributed by atoms with E-state index in [2.05, 4.69) is 5.32 Å². The van der Waals surface area contributed by atoms with Crippen LogP contribution >= 0.6 is 12.4 Å². The van der Waals surface area contributed by atoms with Crippen molar-refractivity contribution in [2.24, 2.45) is 0 Å². The molecule has 0 aliphatic carbocycles. The van der Waals surface area contributed by atoms with Gasteiger partial charge in [0.15, 0.2) is 0 Å². The smallest absolute Gasteiger partial charge is 0.410 e. The first-order chi connectivity index (χ1) is 11.3. The number of nitrogens with zero attached hydrogens (tertiary/aromatic N) is 1. The van der Waals surface area contributed by atoms with Gasteiger partial charge in [-0.15, -0.1) is 12.4 Å². The Labute approximate surface area is 157 Å². The summed E-state index contributed by atoms with van der Waals surface area (Å²) in [5.74, 6) is 0. The van der Waals surface area contributed by atoms with Gasteiger partial charge in [0.05, 0.1) is 18.2 Å². The van der Waals surface area contributed by atoms with Gasteiger partial charge in [0.2, 0.25) is 0 Å². The third-order valence-electron chi connectivity index (χ3n) is 5.65. The molecule has 0 aromatic heterocycles. The Kier molecular flexibility index (Phi) is 6.63. The van der Waals surface area contributed by atoms with Crippen LogP contribution in [0.25, 0.3) is 0 Å². The van der Waals surface area contributed by atoms with E-state index < -0.39 is 5.60 Å². The van der Waals surface area contributed by atoms with Gasteiger partial charge < -0.3 is 19.9 Å². The molecule has 146 valence electrons. The number of fused-ring (bicyclic) bond motifs is 4. The molecule has 4 aliphatic heterocycles. The number of carbonyl (C=O) groups excluding carboxylic acids is 1. The van der Waals surface area contributed by atoms with Crippen molar-refractivity contribution in [1.29, 1.82) is 0 Å². The molecule has 4 heterocycles. The van der Waals surface area contributed by atoms with E-state index in [4.69, 9.17) is 9.47 Å². The molecule has 7 heteroatoms. The molecular formula is C18H33ClN2O4. The third kappa shape index (κ3) is 4.59. The second-order valence-corrected chi connectivity index (χ2v) is 8.55. The van der Waals surface area contributed by atoms with Crippen molar-refractivity contribution in [2.75, 3.05) is 7.11 Å². The number of carbonyl (C=O) groups is 1. The van der Waals surface area contributed by atoms with E-state index in [1.54, 1.807) is 4.90 Å². The SMILES string of the molecule is CC(C)(C)OC(=O)N1[C@H]2CC[C@@H]1[C@H](O)C2.CO[C@@H]1C[C@@H]2CC[C@H]1N2.Cl. The van der Waals surface area contributed by atoms with Crippen LogP contribution in [-0.2, 0) is 9.47 Å². The van der Waals surface area contributed by atoms with Gasteiger partial charge in [-0.2, -0.15) is 0 Å². The topological polar surface area (TPSA) is 71.0 Å². The fourth-order valence-electron chi connectivity index (χ4n) is 4.59. The summed E-state index contributed by atoms with van der Waals surface area (Å²) in [6.07, 6.45) is 6.44. The Bertz CT molecular complexity index is 470. The number of hydrogen-bond acceptors (Lipinski definition) is 5. The molecule has 0 saturated carbocycles. The number of halogens is 1. The lowest BCUT2D eigenvalue weighted by molar-refractivity contribution is 0.0170. The largest absolute Gasteiger partial charge is 0.444 e. The van der Waals surface area contributed by atoms with Crippen LogP contribution in [0, 0.1) is 0 Å². The van der Waals surface area contributed by atoms with Crippen LogP contribution in [0.15, 0.2) is 0 Å². The summed E-state index contributed by atoms with van der Waals surface area (Å²) in [6, 6.07) is 1.64. The average molecular weight is 377 g/mol. The molecule has 4 aliphatic rings. The summed E-state index contributed by atoms with van der Waals surface area (Å²) in [5, 5.41) is 13.2. The summed E-state index contributed by atoms with van der Waals surface area (Å²) < 4.78 is 10.6. The van der Waals surface area contributed by atoms with Crippen LogP contribution in [-0.4, -0.2) is 65.2 Å². The number of amides is 1. The van der Waals surface area contributed by atoms with E-state index in [1.807, 2.05) is 27.9 Å². The Morgan fingerprint density at radius 1 is 1.16 bits per heavy atom. The van der Waals surface area contributed by atoms with Crippen LogP contribution in [0.4, 0.5) is 4.79 Å². The van der Waals surface area contributed by atoms with Gasteiger partial charge in [0.25, 0.3) is 0 Å². The second kappa shape index (κ2) is 7.99. The molecule has 2 N–H and O–H groups in total. The molecule has 6 nitrogen and oxygen atoms in total. The van der Waals surface area contributed by atoms with Crippen molar-refractivity contribution >= 4 is 18.5 Å². The van der Waals surface area contributed by atoms with Crippen molar-refractivity contribution in [3.05, 3.63) is 0 Å². The Morgan fingerprint density at radius 3 is 2.24 bits per heavy atom. The molecule has 0 aromatic rings. The van der Waals surface area contributed by atoms with Gasteiger partial charge in [-0.1, -0.05) is 0 Å². The minimum atomic E-state index is -0.454. The van der Waals surface area contributed by atoms with Crippen molar-refractivity contribution in [2.45, 2.75) is 101 Å². The van der Waals surface area contributed by atoms with Crippen LogP contribution in [0.3, 0.4) is 0 Å². The average Bonchev–Trinajstić information content (AvgIpc) is 3.24. The highest BCUT2D eigenvalue weighted by molar-refractivity contribution is 5.85. The summed E-state index contributed by atoms with van der Waals surface area (Å²) in [7, 11) is 1.81. The van der Waals surface area contributed by atoms with Crippen molar-refractivity contribution in [1.82, 2.24) is 10.2 Å². The van der Waals surface area contributed by atoms with Gasteiger partial charge >= 0.3 is 6.09 Å². The maximum Gasteiger partial charge on any atom is 0.410 e. The lowest BCUT2D eigenvalue weighted by atomic mass is 9.98. The molecule has 4 rings (SSSR count). The van der Waals surface area contributed by atoms with Gasteiger partial charge in [-0.25, -0.2) is 4.79 Å². The quantitative estimate of drug-likeness (QED) is 0.735. The van der Waals surface area contributed by atoms with E-state index >= 15 is 0 Å². The zero-order valence-electron chi connectivity index (χ0n) is 15.7. The third-order valence-corrected chi connectivity index (χ3v) is 5.65. The first-order valence-electron chi connectivity index (χ1n) is 9.26. The van der Waals surface area contributed by atoms with E-state index in [-0.39, 0.29) is 36.7 Å². The fourth-order valence-corrected chi connectivity index (χ4v) is 4.59. The fraction of sp³-hybridized carbons (Fsp3) is 0.944. The van der Waals surface area contributed by atoms with E-state index in [1.165, 1.54) is 19.3 Å². The van der Waals surface area contributed by atoms with Crippen LogP contribution in [0.5, 0.6) is 0 Å². The lowest BCUT2D eigenvalue weighted by Gasteiger charge is -2.27. The van der Waals surface area contributed by atoms with Crippen molar-refractivity contribution < 1.29 is 19.4 Å². The normalized spacial score (nSPS) is 38.2. The molecule has 4 saturated heterocycles. The molecule has 4 bridgehead atoms. The number of aliphatic hydroxyl groups excluding tert-OH is 1. The highest BCUT2D eigenvalue weighted by atomic mass is 35.5. The van der Waals surface area contributed by atoms with Crippen LogP contribution in [0.2, 0.25) is 0 Å². The number of hydrogen-bond donors (Lipinski definition) is 2. The molecule has 0 aromatic carbocycles. The standard InChI is InChI=1S/C11H19NO3.C7H13NO.ClH/c1-11(2,3)15-10(14)12-7-4-5-8(12)9(13)6-7;1-9-7-4-5-2-3-6(7)8-5;/h7-9,13H,4-6H2,1-3H3;5-8H,2-4H2,1H3;1H/t7-,8+,9+;5-,6+,7+;/m00./s1. The van der Waals surface area contributed by atoms with Gasteiger partial charge in [0, 0.05) is 25.2 Å². The number of rotatable bonds is 1. The van der Waals surface area contributed by atoms with Crippen LogP contribution < -0.4 is 5.32 Å². The summed E-state index contributed by atoms with van der Waals surface area (Å²) in [6.45, 7) is 5.58. The minimum absolute atomic E-state index is 0. The zero-order valence-corrected chi connectivity index (χ0v) is 16.6. The first kappa shape index (κ1) is 20.7. The highest BCUT2D eigenvalue weighted by Crippen LogP contribution is 2.38. The molecule has 0 radical (unpaired) electrons. The van der Waals surface area contributed by atoms with E-state index in [9.17, 15) is 9.90 Å². The first-order valence-corrected chi connectivity index (χ1v) is 9.26. The predicted molar refractivity (Wildman–Crippen MR) is 98.1 cm³/mol. The molecule has 0 spiro atoms. The Morgan fingerprint density at radius 2 is 1.88 bits per heavy atom. The Balaban J connectivity index is 0.000000193. The van der Waals surface area contributed by atoms with E-state index in [0.717, 1.165) is 18.9 Å². The minimum Gasteiger partial charge on any atom is -0.444 e. The van der Waals surface area contributed by atoms with Crippen LogP contribution in [0.1, 0.15) is 59.3 Å². The zero-order chi connectivity index (χ0) is 17.5. The molecule has 25 heavy (non-hydrogen) atoms. The van der Waals surface area contributed by atoms with Crippen molar-refractivity contribution in [3.8, 4) is 0 Å². The number of ether oxygens (including phenoxy) is 2. The highest BCUT2D eigenvalue weighted by Gasteiger charge is 2.49. The number of methoxy groups -OCH3 is 1. The summed E-state index contributed by atoms with van der Waals surface area (Å²) in [5.41, 5.74) is -0.454. The Hall–Kier alpha value is -0.560. The molecule has 6 atom stereocenters. The predicted octanol–water partition coefficient (Wildman–Crippen LogP) is 2.47. The molecule has 0 unspecified atom stereocenters. The number of aliphatic hydroxyl groups is 1. The second-order valence-electron chi connectivity index (χ2n) is 8.55. The maximum atomic E-state index is 11.9. The summed E-state index contributed by atoms with van der Waals surface area (Å²) >= 11 is 0. The molecule has 1 amide bonds. The molecular weight excluding hydrogens is 344 g/mol. The number of nitrogens with one attached hydrogen (secondary N) is 1. The maximum absolute atomic E-state index is 11.9.